The molecule has 2 N–H and O–H groups in total. The molecule has 2 aromatic rings. The normalized spacial score (nSPS) is 16.7. The number of carbonyl (C=O) groups is 4. The van der Waals surface area contributed by atoms with Gasteiger partial charge in [0.2, 0.25) is 11.8 Å². The Morgan fingerprint density at radius 1 is 0.698 bits per heavy atom. The van der Waals surface area contributed by atoms with E-state index < -0.39 is 12.1 Å². The van der Waals surface area contributed by atoms with Crippen molar-refractivity contribution in [3.05, 3.63) is 59.4 Å². The van der Waals surface area contributed by atoms with Crippen molar-refractivity contribution < 1.29 is 49.1 Å². The number of benzene rings is 2. The van der Waals surface area contributed by atoms with Crippen molar-refractivity contribution >= 4 is 53.4 Å². The van der Waals surface area contributed by atoms with Gasteiger partial charge in [-0.3, -0.25) is 29.2 Å². The summed E-state index contributed by atoms with van der Waals surface area (Å²) in [5.74, 6) is 1.31. The molecule has 2 aliphatic heterocycles. The number of hydrogen-bond acceptors (Lipinski definition) is 8. The molecule has 2 aromatic carbocycles. The first-order valence-corrected chi connectivity index (χ1v) is 17.9. The van der Waals surface area contributed by atoms with Gasteiger partial charge in [-0.25, -0.2) is 6.21 Å². The number of aliphatic imine (C=N–C) groups is 2. The van der Waals surface area contributed by atoms with Crippen molar-refractivity contribution in [1.82, 2.24) is 10.6 Å². The molecule has 2 amide bonds. The number of ketones is 2. The molecule has 0 saturated carbocycles. The van der Waals surface area contributed by atoms with Crippen LogP contribution in [0.4, 0.5) is 11.4 Å². The van der Waals surface area contributed by atoms with Gasteiger partial charge >= 0.3 is 20.4 Å². The fraction of sp³-hybridized carbons (Fsp3) is 0.512. The van der Waals surface area contributed by atoms with Crippen LogP contribution in [0, 0.1) is 7.43 Å². The molecular formula is C41H57N5O6Pd. The summed E-state index contributed by atoms with van der Waals surface area (Å²) < 4.78 is 11.9. The van der Waals surface area contributed by atoms with Gasteiger partial charge in [-0.1, -0.05) is 62.3 Å². The SMILES string of the molecule is CC(C)c1cc(OCC(=O)C2CCC(=O)N2)cc(C(C)C)c1N=CC=Nc1c(C(C)C)cc(OCC(=O)C2CCC(=O)N2)cc1C(C)C.CC=[N-].[CH3-].[Pd+2]. The number of carbonyl (C=O) groups excluding carboxylic acids is 4. The topological polar surface area (TPSA) is 158 Å². The molecule has 4 rings (SSSR count). The third-order valence-corrected chi connectivity index (χ3v) is 8.78. The zero-order valence-corrected chi connectivity index (χ0v) is 34.4. The predicted octanol–water partition coefficient (Wildman–Crippen LogP) is 7.83. The molecule has 2 fully saturated rings. The number of Topliss-reactive ketones (excluding diaryl/α,β-unsaturated/α-hetero) is 2. The molecule has 53 heavy (non-hydrogen) atoms. The number of amides is 2. The molecule has 2 aliphatic rings. The Kier molecular flexibility index (Phi) is 19.7. The second-order valence-electron chi connectivity index (χ2n) is 14.2. The molecule has 2 unspecified atom stereocenters. The Balaban J connectivity index is 0.00000271. The summed E-state index contributed by atoms with van der Waals surface area (Å²) in [4.78, 5) is 58.1. The van der Waals surface area contributed by atoms with Crippen LogP contribution >= 0.6 is 0 Å². The maximum absolute atomic E-state index is 12.6. The van der Waals surface area contributed by atoms with Crippen molar-refractivity contribution in [2.24, 2.45) is 9.98 Å². The van der Waals surface area contributed by atoms with Crippen LogP contribution in [0.15, 0.2) is 34.3 Å². The van der Waals surface area contributed by atoms with Gasteiger partial charge in [0.25, 0.3) is 0 Å². The molecule has 0 radical (unpaired) electrons. The minimum Gasteiger partial charge on any atom is -0.814 e. The molecule has 2 saturated heterocycles. The van der Waals surface area contributed by atoms with E-state index in [2.05, 4.69) is 66.0 Å². The van der Waals surface area contributed by atoms with Gasteiger partial charge in [0, 0.05) is 25.3 Å². The second kappa shape index (κ2) is 22.3. The van der Waals surface area contributed by atoms with E-state index in [0.717, 1.165) is 39.8 Å². The van der Waals surface area contributed by atoms with Crippen LogP contribution in [0.5, 0.6) is 11.5 Å². The standard InChI is InChI=1S/C38H50N4O6.C2H4N.CH3.Pd/c1-21(2)27-15-25(47-19-33(43)31-9-11-35(45)41-31)16-28(22(3)4)37(27)39-13-14-40-38-29(23(5)6)17-26(18-30(38)24(7)8)48-20-34(44)32-10-12-36(46)42-32;1-2-3;;/h13-18,21-24,31-32H,9-12,19-20H2,1-8H3,(H,41,45)(H,42,46);2H,1H3;1H3;/q;2*-1;+2. The van der Waals surface area contributed by atoms with E-state index in [1.807, 2.05) is 24.3 Å². The van der Waals surface area contributed by atoms with Gasteiger partial charge in [-0.05, 0) is 83.0 Å². The van der Waals surface area contributed by atoms with Crippen molar-refractivity contribution in [3.63, 3.8) is 0 Å². The van der Waals surface area contributed by atoms with Crippen LogP contribution in [0.2, 0.25) is 0 Å². The van der Waals surface area contributed by atoms with E-state index in [0.29, 0.717) is 37.2 Å². The molecule has 11 nitrogen and oxygen atoms in total. The summed E-state index contributed by atoms with van der Waals surface area (Å²) in [5, 5.41) is 12.9. The minimum atomic E-state index is -0.484. The van der Waals surface area contributed by atoms with E-state index in [9.17, 15) is 19.2 Å². The Morgan fingerprint density at radius 2 is 0.981 bits per heavy atom. The van der Waals surface area contributed by atoms with Gasteiger partial charge in [0.1, 0.15) is 24.7 Å². The van der Waals surface area contributed by atoms with Gasteiger partial charge in [0.15, 0.2) is 11.6 Å². The zero-order chi connectivity index (χ0) is 37.8. The molecule has 2 atom stereocenters. The van der Waals surface area contributed by atoms with Crippen LogP contribution in [-0.4, -0.2) is 67.3 Å². The van der Waals surface area contributed by atoms with Crippen molar-refractivity contribution in [2.75, 3.05) is 13.2 Å². The maximum Gasteiger partial charge on any atom is 2.00 e. The summed E-state index contributed by atoms with van der Waals surface area (Å²) in [5.41, 5.74) is 5.71. The summed E-state index contributed by atoms with van der Waals surface area (Å²) in [7, 11) is 0. The monoisotopic (exact) mass is 821 g/mol. The van der Waals surface area contributed by atoms with E-state index in [1.165, 1.54) is 0 Å². The van der Waals surface area contributed by atoms with Gasteiger partial charge < -0.3 is 32.9 Å². The Bertz CT molecular complexity index is 1470. The van der Waals surface area contributed by atoms with Crippen molar-refractivity contribution in [3.8, 4) is 11.5 Å². The van der Waals surface area contributed by atoms with Crippen LogP contribution in [-0.2, 0) is 39.6 Å². The summed E-state index contributed by atoms with van der Waals surface area (Å²) in [6.45, 7) is 18.1. The van der Waals surface area contributed by atoms with Crippen molar-refractivity contribution in [2.45, 2.75) is 124 Å². The first-order valence-electron chi connectivity index (χ1n) is 17.9. The number of hydrogen-bond donors (Lipinski definition) is 2. The van der Waals surface area contributed by atoms with Crippen LogP contribution in [0.3, 0.4) is 0 Å². The quantitative estimate of drug-likeness (QED) is 0.106. The number of nitrogens with one attached hydrogen (secondary N) is 2. The predicted molar refractivity (Wildman–Crippen MR) is 210 cm³/mol. The smallest absolute Gasteiger partial charge is 0.814 e. The van der Waals surface area contributed by atoms with Crippen molar-refractivity contribution in [1.29, 1.82) is 0 Å². The average Bonchev–Trinajstić information content (AvgIpc) is 3.72. The third kappa shape index (κ3) is 13.4. The van der Waals surface area contributed by atoms with Gasteiger partial charge in [-0.2, -0.15) is 0 Å². The van der Waals surface area contributed by atoms with Crippen LogP contribution < -0.4 is 20.1 Å². The summed E-state index contributed by atoms with van der Waals surface area (Å²) >= 11 is 0. The van der Waals surface area contributed by atoms with E-state index in [4.69, 9.17) is 24.9 Å². The first-order chi connectivity index (χ1) is 24.2. The number of rotatable bonds is 15. The Hall–Kier alpha value is -4.01. The fourth-order valence-corrected chi connectivity index (χ4v) is 5.97. The molecule has 0 aliphatic carbocycles. The van der Waals surface area contributed by atoms with Crippen LogP contribution in [0.25, 0.3) is 5.41 Å². The molecule has 0 aromatic heterocycles. The Morgan fingerprint density at radius 3 is 1.21 bits per heavy atom. The Labute approximate surface area is 329 Å². The third-order valence-electron chi connectivity index (χ3n) is 8.78. The minimum absolute atomic E-state index is 0. The van der Waals surface area contributed by atoms with E-state index >= 15 is 0 Å². The largest absolute Gasteiger partial charge is 2.00 e. The summed E-state index contributed by atoms with van der Waals surface area (Å²) in [6.07, 6.45) is 6.17. The van der Waals surface area contributed by atoms with E-state index in [1.54, 1.807) is 19.4 Å². The van der Waals surface area contributed by atoms with E-state index in [-0.39, 0.29) is 88.1 Å². The second-order valence-corrected chi connectivity index (χ2v) is 14.2. The fourth-order valence-electron chi connectivity index (χ4n) is 5.97. The molecular weight excluding hydrogens is 765 g/mol. The molecule has 0 spiro atoms. The molecule has 12 heteroatoms. The van der Waals surface area contributed by atoms with Gasteiger partial charge in [-0.15, -0.1) is 0 Å². The number of nitrogens with zero attached hydrogens (tertiary/aromatic N) is 3. The molecule has 0 bridgehead atoms. The maximum atomic E-state index is 12.6. The zero-order valence-electron chi connectivity index (χ0n) is 32.9. The average molecular weight is 822 g/mol. The van der Waals surface area contributed by atoms with Crippen LogP contribution in [0.1, 0.15) is 134 Å². The summed E-state index contributed by atoms with van der Waals surface area (Å²) in [6, 6.07) is 6.80. The molecule has 2 heterocycles. The van der Waals surface area contributed by atoms with Gasteiger partial charge in [0.05, 0.1) is 23.5 Å². The number of ether oxygens (including phenoxy) is 2. The first kappa shape index (κ1) is 47.0. The molecule has 292 valence electrons.